The van der Waals surface area contributed by atoms with Crippen molar-refractivity contribution in [3.05, 3.63) is 30.1 Å². The topological polar surface area (TPSA) is 70.3 Å². The molecule has 0 saturated carbocycles. The van der Waals surface area contributed by atoms with E-state index in [9.17, 15) is 13.0 Å². The van der Waals surface area contributed by atoms with Crippen molar-refractivity contribution >= 4 is 10.1 Å². The van der Waals surface area contributed by atoms with Crippen LogP contribution in [0.2, 0.25) is 0 Å². The fourth-order valence-electron chi connectivity index (χ4n) is 1.78. The quantitative estimate of drug-likeness (QED) is 0.396. The van der Waals surface area contributed by atoms with Crippen molar-refractivity contribution in [3.8, 4) is 0 Å². The van der Waals surface area contributed by atoms with Crippen LogP contribution in [0.25, 0.3) is 0 Å². The molecule has 0 N–H and O–H groups in total. The SMILES string of the molecule is CCCCCCCCS(=O)(=O)[O-].CCO[n+]1ccc(C)cc1. The van der Waals surface area contributed by atoms with E-state index in [0.29, 0.717) is 13.0 Å². The Morgan fingerprint density at radius 2 is 1.59 bits per heavy atom. The maximum Gasteiger partial charge on any atom is 0.222 e. The summed E-state index contributed by atoms with van der Waals surface area (Å²) < 4.78 is 32.2. The minimum atomic E-state index is -3.97. The van der Waals surface area contributed by atoms with Crippen LogP contribution in [0.5, 0.6) is 0 Å². The molecule has 1 heterocycles. The summed E-state index contributed by atoms with van der Waals surface area (Å²) in [6, 6.07) is 4.02. The lowest BCUT2D eigenvalue weighted by atomic mass is 10.1. The number of unbranched alkanes of at least 4 members (excludes halogenated alkanes) is 5. The lowest BCUT2D eigenvalue weighted by molar-refractivity contribution is -0.891. The Morgan fingerprint density at radius 3 is 2.09 bits per heavy atom. The molecule has 128 valence electrons. The van der Waals surface area contributed by atoms with E-state index in [1.165, 1.54) is 18.4 Å². The van der Waals surface area contributed by atoms with Crippen LogP contribution in [0.3, 0.4) is 0 Å². The molecule has 0 fully saturated rings. The van der Waals surface area contributed by atoms with Gasteiger partial charge in [0, 0.05) is 22.6 Å². The molecule has 0 amide bonds. The number of aryl methyl sites for hydroxylation is 1. The molecule has 0 bridgehead atoms. The van der Waals surface area contributed by atoms with Crippen molar-refractivity contribution < 1.29 is 22.5 Å². The lowest BCUT2D eigenvalue weighted by Gasteiger charge is -2.05. The number of nitrogens with zero attached hydrogens (tertiary/aromatic N) is 1. The predicted octanol–water partition coefficient (Wildman–Crippen LogP) is 2.62. The highest BCUT2D eigenvalue weighted by atomic mass is 32.2. The van der Waals surface area contributed by atoms with Crippen LogP contribution in [0.1, 0.15) is 57.9 Å². The van der Waals surface area contributed by atoms with E-state index in [1.54, 1.807) is 4.73 Å². The van der Waals surface area contributed by atoms with Crippen LogP contribution in [0.15, 0.2) is 24.5 Å². The van der Waals surface area contributed by atoms with Crippen LogP contribution < -0.4 is 9.57 Å². The van der Waals surface area contributed by atoms with Crippen molar-refractivity contribution in [3.63, 3.8) is 0 Å². The Balaban J connectivity index is 0.000000406. The second-order valence-electron chi connectivity index (χ2n) is 5.18. The smallest absolute Gasteiger partial charge is 0.222 e. The Kier molecular flexibility index (Phi) is 11.8. The van der Waals surface area contributed by atoms with Crippen LogP contribution in [-0.2, 0) is 10.1 Å². The minimum absolute atomic E-state index is 0.195. The number of hydrogen-bond donors (Lipinski definition) is 0. The molecule has 0 unspecified atom stereocenters. The molecule has 0 aromatic carbocycles. The highest BCUT2D eigenvalue weighted by molar-refractivity contribution is 7.85. The molecule has 0 aliphatic rings. The van der Waals surface area contributed by atoms with Gasteiger partial charge < -0.3 is 4.55 Å². The zero-order chi connectivity index (χ0) is 16.8. The van der Waals surface area contributed by atoms with Crippen LogP contribution in [0, 0.1) is 6.92 Å². The number of pyridine rings is 1. The monoisotopic (exact) mass is 331 g/mol. The highest BCUT2D eigenvalue weighted by Gasteiger charge is 1.96. The van der Waals surface area contributed by atoms with Gasteiger partial charge in [-0.2, -0.15) is 0 Å². The van der Waals surface area contributed by atoms with Crippen molar-refractivity contribution in [2.45, 2.75) is 59.3 Å². The Bertz CT molecular complexity index is 471. The summed E-state index contributed by atoms with van der Waals surface area (Å²) in [5.74, 6) is -0.195. The molecule has 5 nitrogen and oxygen atoms in total. The summed E-state index contributed by atoms with van der Waals surface area (Å²) in [6.07, 6.45) is 9.76. The molecular weight excluding hydrogens is 302 g/mol. The summed E-state index contributed by atoms with van der Waals surface area (Å²) in [5.41, 5.74) is 1.25. The first-order valence-corrected chi connectivity index (χ1v) is 9.51. The summed E-state index contributed by atoms with van der Waals surface area (Å²) in [7, 11) is -3.97. The zero-order valence-electron chi connectivity index (χ0n) is 14.0. The van der Waals surface area contributed by atoms with E-state index in [0.717, 1.165) is 19.3 Å². The molecule has 1 rings (SSSR count). The molecule has 0 atom stereocenters. The summed E-state index contributed by atoms with van der Waals surface area (Å²) in [4.78, 5) is 5.18. The summed E-state index contributed by atoms with van der Waals surface area (Å²) >= 11 is 0. The van der Waals surface area contributed by atoms with Gasteiger partial charge in [0.1, 0.15) is 0 Å². The van der Waals surface area contributed by atoms with Gasteiger partial charge in [0.15, 0.2) is 6.61 Å². The van der Waals surface area contributed by atoms with E-state index in [4.69, 9.17) is 4.84 Å². The van der Waals surface area contributed by atoms with Gasteiger partial charge in [0.05, 0.1) is 10.1 Å². The van der Waals surface area contributed by atoms with Gasteiger partial charge in [-0.3, -0.25) is 4.84 Å². The molecule has 22 heavy (non-hydrogen) atoms. The third-order valence-electron chi connectivity index (χ3n) is 2.99. The van der Waals surface area contributed by atoms with Gasteiger partial charge in [0.2, 0.25) is 12.4 Å². The first-order chi connectivity index (χ1) is 10.4. The van der Waals surface area contributed by atoms with Gasteiger partial charge in [-0.05, 0) is 25.8 Å². The molecule has 0 radical (unpaired) electrons. The Morgan fingerprint density at radius 1 is 1.05 bits per heavy atom. The van der Waals surface area contributed by atoms with Crippen molar-refractivity contribution in [1.82, 2.24) is 0 Å². The van der Waals surface area contributed by atoms with Gasteiger partial charge in [-0.25, -0.2) is 8.42 Å². The zero-order valence-corrected chi connectivity index (χ0v) is 14.8. The van der Waals surface area contributed by atoms with Gasteiger partial charge in [0.25, 0.3) is 0 Å². The maximum atomic E-state index is 10.2. The molecule has 1 aromatic heterocycles. The van der Waals surface area contributed by atoms with Gasteiger partial charge >= 0.3 is 0 Å². The number of rotatable bonds is 9. The van der Waals surface area contributed by atoms with E-state index >= 15 is 0 Å². The molecule has 0 saturated heterocycles. The van der Waals surface area contributed by atoms with Crippen LogP contribution >= 0.6 is 0 Å². The fourth-order valence-corrected chi connectivity index (χ4v) is 2.34. The van der Waals surface area contributed by atoms with E-state index in [-0.39, 0.29) is 5.75 Å². The molecular formula is C16H29NO4S. The van der Waals surface area contributed by atoms with E-state index < -0.39 is 10.1 Å². The number of aromatic nitrogens is 1. The molecule has 1 aromatic rings. The van der Waals surface area contributed by atoms with E-state index in [2.05, 4.69) is 13.8 Å². The second-order valence-corrected chi connectivity index (χ2v) is 6.71. The summed E-state index contributed by atoms with van der Waals surface area (Å²) in [5, 5.41) is 0. The van der Waals surface area contributed by atoms with Gasteiger partial charge in [-0.15, -0.1) is 0 Å². The maximum absolute atomic E-state index is 10.2. The first-order valence-electron chi connectivity index (χ1n) is 7.93. The van der Waals surface area contributed by atoms with Crippen molar-refractivity contribution in [2.24, 2.45) is 0 Å². The van der Waals surface area contributed by atoms with Crippen LogP contribution in [-0.4, -0.2) is 25.3 Å². The largest absolute Gasteiger partial charge is 0.748 e. The number of hydrogen-bond acceptors (Lipinski definition) is 4. The Hall–Kier alpha value is -1.14. The lowest BCUT2D eigenvalue weighted by Crippen LogP contribution is -2.41. The average Bonchev–Trinajstić information content (AvgIpc) is 2.45. The average molecular weight is 331 g/mol. The fraction of sp³-hybridized carbons (Fsp3) is 0.688. The molecule has 6 heteroatoms. The molecule has 0 aliphatic heterocycles. The molecule has 0 aliphatic carbocycles. The first kappa shape index (κ1) is 20.9. The van der Waals surface area contributed by atoms with Gasteiger partial charge in [-0.1, -0.05) is 39.0 Å². The predicted molar refractivity (Wildman–Crippen MR) is 86.4 cm³/mol. The normalized spacial score (nSPS) is 10.7. The Labute approximate surface area is 135 Å². The van der Waals surface area contributed by atoms with Crippen LogP contribution in [0.4, 0.5) is 0 Å². The third-order valence-corrected chi connectivity index (χ3v) is 3.78. The van der Waals surface area contributed by atoms with Crippen molar-refractivity contribution in [2.75, 3.05) is 12.4 Å². The second kappa shape index (κ2) is 12.4. The standard InChI is InChI=1S/C8H12NO.C8H18O3S/c1-3-10-9-6-4-8(2)5-7-9;1-2-3-4-5-6-7-8-12(9,10)11/h4-7H,3H2,1-2H3;2-8H2,1H3,(H,9,10,11)/q+1;/p-1. The van der Waals surface area contributed by atoms with E-state index in [1.807, 2.05) is 31.5 Å². The highest BCUT2D eigenvalue weighted by Crippen LogP contribution is 2.05. The minimum Gasteiger partial charge on any atom is -0.748 e. The van der Waals surface area contributed by atoms with Crippen molar-refractivity contribution in [1.29, 1.82) is 0 Å². The molecule has 0 spiro atoms. The summed E-state index contributed by atoms with van der Waals surface area (Å²) in [6.45, 7) is 6.85. The third kappa shape index (κ3) is 13.8.